The molecular formula is C17H33NO. The number of hydrogen-bond acceptors (Lipinski definition) is 2. The van der Waals surface area contributed by atoms with Gasteiger partial charge in [0.1, 0.15) is 0 Å². The monoisotopic (exact) mass is 267 g/mol. The van der Waals surface area contributed by atoms with Crippen LogP contribution >= 0.6 is 0 Å². The second kappa shape index (κ2) is 7.08. The number of nitrogens with zero attached hydrogens (tertiary/aromatic N) is 1. The molecule has 0 radical (unpaired) electrons. The van der Waals surface area contributed by atoms with Crippen LogP contribution in [0.1, 0.15) is 71.6 Å². The molecule has 2 fully saturated rings. The Hall–Kier alpha value is -0.0800. The lowest BCUT2D eigenvalue weighted by Crippen LogP contribution is -2.48. The van der Waals surface area contributed by atoms with Gasteiger partial charge in [0.2, 0.25) is 0 Å². The fourth-order valence-electron chi connectivity index (χ4n) is 4.47. The van der Waals surface area contributed by atoms with Gasteiger partial charge in [0, 0.05) is 24.6 Å². The standard InChI is InChI=1S/C17H33NO/c1-3-7-16-9-4-5-11-18(16)13-17(14-19)10-6-8-15(2)12-17/h15-16,19H,3-14H2,1-2H3. The minimum Gasteiger partial charge on any atom is -0.396 e. The summed E-state index contributed by atoms with van der Waals surface area (Å²) in [6.07, 6.45) is 11.9. The molecular weight excluding hydrogens is 234 g/mol. The molecule has 0 spiro atoms. The average molecular weight is 267 g/mol. The molecule has 0 amide bonds. The van der Waals surface area contributed by atoms with E-state index in [4.69, 9.17) is 0 Å². The highest BCUT2D eigenvalue weighted by atomic mass is 16.3. The number of rotatable bonds is 5. The number of hydrogen-bond donors (Lipinski definition) is 1. The van der Waals surface area contributed by atoms with E-state index >= 15 is 0 Å². The van der Waals surface area contributed by atoms with Crippen LogP contribution < -0.4 is 0 Å². The van der Waals surface area contributed by atoms with Crippen molar-refractivity contribution in [2.45, 2.75) is 77.7 Å². The third kappa shape index (κ3) is 3.95. The summed E-state index contributed by atoms with van der Waals surface area (Å²) in [5.74, 6) is 0.801. The predicted octanol–water partition coefficient (Wildman–Crippen LogP) is 3.83. The van der Waals surface area contributed by atoms with Gasteiger partial charge in [-0.25, -0.2) is 0 Å². The molecule has 0 aromatic carbocycles. The van der Waals surface area contributed by atoms with E-state index in [1.165, 1.54) is 64.3 Å². The first-order chi connectivity index (χ1) is 9.19. The Kier molecular flexibility index (Phi) is 5.70. The van der Waals surface area contributed by atoms with Gasteiger partial charge >= 0.3 is 0 Å². The van der Waals surface area contributed by atoms with E-state index in [0.717, 1.165) is 18.5 Å². The van der Waals surface area contributed by atoms with Crippen LogP contribution in [0.2, 0.25) is 0 Å². The molecule has 1 N–H and O–H groups in total. The third-order valence-electron chi connectivity index (χ3n) is 5.43. The number of likely N-dealkylation sites (tertiary alicyclic amines) is 1. The lowest BCUT2D eigenvalue weighted by molar-refractivity contribution is -0.000256. The van der Waals surface area contributed by atoms with Crippen molar-refractivity contribution in [3.8, 4) is 0 Å². The Bertz CT molecular complexity index is 266. The van der Waals surface area contributed by atoms with Crippen LogP contribution in [-0.4, -0.2) is 35.7 Å². The fourth-order valence-corrected chi connectivity index (χ4v) is 4.47. The van der Waals surface area contributed by atoms with Gasteiger partial charge in [0.15, 0.2) is 0 Å². The highest BCUT2D eigenvalue weighted by Crippen LogP contribution is 2.40. The van der Waals surface area contributed by atoms with Crippen molar-refractivity contribution >= 4 is 0 Å². The van der Waals surface area contributed by atoms with Gasteiger partial charge in [0.05, 0.1) is 0 Å². The molecule has 1 heterocycles. The zero-order chi connectivity index (χ0) is 13.7. The van der Waals surface area contributed by atoms with E-state index in [9.17, 15) is 5.11 Å². The maximum absolute atomic E-state index is 9.98. The van der Waals surface area contributed by atoms with Crippen LogP contribution in [-0.2, 0) is 0 Å². The van der Waals surface area contributed by atoms with Gasteiger partial charge in [-0.05, 0) is 44.6 Å². The predicted molar refractivity (Wildman–Crippen MR) is 81.3 cm³/mol. The van der Waals surface area contributed by atoms with Crippen molar-refractivity contribution < 1.29 is 5.11 Å². The molecule has 1 saturated heterocycles. The minimum absolute atomic E-state index is 0.209. The van der Waals surface area contributed by atoms with E-state index in [-0.39, 0.29) is 5.41 Å². The quantitative estimate of drug-likeness (QED) is 0.818. The van der Waals surface area contributed by atoms with Crippen LogP contribution in [0.5, 0.6) is 0 Å². The fraction of sp³-hybridized carbons (Fsp3) is 1.00. The summed E-state index contributed by atoms with van der Waals surface area (Å²) in [6.45, 7) is 7.48. The number of aliphatic hydroxyl groups is 1. The number of piperidine rings is 1. The second-order valence-electron chi connectivity index (χ2n) is 7.27. The van der Waals surface area contributed by atoms with Crippen LogP contribution in [0.3, 0.4) is 0 Å². The molecule has 3 atom stereocenters. The SMILES string of the molecule is CCCC1CCCCN1CC1(CO)CCCC(C)C1. The van der Waals surface area contributed by atoms with Crippen molar-refractivity contribution in [2.24, 2.45) is 11.3 Å². The van der Waals surface area contributed by atoms with E-state index in [1.54, 1.807) is 0 Å². The van der Waals surface area contributed by atoms with E-state index in [2.05, 4.69) is 18.7 Å². The summed E-state index contributed by atoms with van der Waals surface area (Å²) in [7, 11) is 0. The summed E-state index contributed by atoms with van der Waals surface area (Å²) >= 11 is 0. The molecule has 0 aromatic rings. The van der Waals surface area contributed by atoms with E-state index in [1.807, 2.05) is 0 Å². The van der Waals surface area contributed by atoms with E-state index in [0.29, 0.717) is 6.61 Å². The van der Waals surface area contributed by atoms with E-state index < -0.39 is 0 Å². The molecule has 3 unspecified atom stereocenters. The maximum Gasteiger partial charge on any atom is 0.0499 e. The molecule has 2 heteroatoms. The normalized spacial score (nSPS) is 37.4. The summed E-state index contributed by atoms with van der Waals surface area (Å²) in [5, 5.41) is 9.98. The summed E-state index contributed by atoms with van der Waals surface area (Å²) in [4.78, 5) is 2.72. The van der Waals surface area contributed by atoms with Gasteiger partial charge < -0.3 is 5.11 Å². The molecule has 0 bridgehead atoms. The first-order valence-corrected chi connectivity index (χ1v) is 8.54. The summed E-state index contributed by atoms with van der Waals surface area (Å²) in [6, 6.07) is 0.791. The van der Waals surface area contributed by atoms with Crippen molar-refractivity contribution in [2.75, 3.05) is 19.7 Å². The Labute approximate surface area is 119 Å². The van der Waals surface area contributed by atoms with Crippen LogP contribution in [0, 0.1) is 11.3 Å². The van der Waals surface area contributed by atoms with Crippen molar-refractivity contribution in [1.29, 1.82) is 0 Å². The highest BCUT2D eigenvalue weighted by molar-refractivity contribution is 4.90. The third-order valence-corrected chi connectivity index (χ3v) is 5.43. The summed E-state index contributed by atoms with van der Waals surface area (Å²) in [5.41, 5.74) is 0.209. The van der Waals surface area contributed by atoms with Gasteiger partial charge in [0.25, 0.3) is 0 Å². The molecule has 2 nitrogen and oxygen atoms in total. The molecule has 1 aliphatic carbocycles. The first kappa shape index (κ1) is 15.3. The van der Waals surface area contributed by atoms with Gasteiger partial charge in [-0.15, -0.1) is 0 Å². The Balaban J connectivity index is 1.99. The molecule has 1 saturated carbocycles. The van der Waals surface area contributed by atoms with Crippen LogP contribution in [0.4, 0.5) is 0 Å². The lowest BCUT2D eigenvalue weighted by atomic mass is 9.70. The van der Waals surface area contributed by atoms with Gasteiger partial charge in [-0.2, -0.15) is 0 Å². The average Bonchev–Trinajstić information content (AvgIpc) is 2.41. The smallest absolute Gasteiger partial charge is 0.0499 e. The van der Waals surface area contributed by atoms with Crippen molar-refractivity contribution in [3.05, 3.63) is 0 Å². The summed E-state index contributed by atoms with van der Waals surface area (Å²) < 4.78 is 0. The maximum atomic E-state index is 9.98. The van der Waals surface area contributed by atoms with Gasteiger partial charge in [-0.1, -0.05) is 39.5 Å². The topological polar surface area (TPSA) is 23.5 Å². The second-order valence-corrected chi connectivity index (χ2v) is 7.27. The molecule has 112 valence electrons. The Morgan fingerprint density at radius 2 is 2.05 bits per heavy atom. The molecule has 1 aliphatic heterocycles. The van der Waals surface area contributed by atoms with Crippen LogP contribution in [0.25, 0.3) is 0 Å². The zero-order valence-electron chi connectivity index (χ0n) is 13.0. The van der Waals surface area contributed by atoms with Crippen molar-refractivity contribution in [1.82, 2.24) is 4.90 Å². The molecule has 19 heavy (non-hydrogen) atoms. The number of aliphatic hydroxyl groups excluding tert-OH is 1. The zero-order valence-corrected chi connectivity index (χ0v) is 13.0. The lowest BCUT2D eigenvalue weighted by Gasteiger charge is -2.46. The van der Waals surface area contributed by atoms with Crippen LogP contribution in [0.15, 0.2) is 0 Å². The highest BCUT2D eigenvalue weighted by Gasteiger charge is 2.37. The van der Waals surface area contributed by atoms with Gasteiger partial charge in [-0.3, -0.25) is 4.90 Å². The minimum atomic E-state index is 0.209. The molecule has 2 aliphatic rings. The Morgan fingerprint density at radius 1 is 1.21 bits per heavy atom. The molecule has 0 aromatic heterocycles. The largest absolute Gasteiger partial charge is 0.396 e. The van der Waals surface area contributed by atoms with Crippen molar-refractivity contribution in [3.63, 3.8) is 0 Å². The molecule has 2 rings (SSSR count). The first-order valence-electron chi connectivity index (χ1n) is 8.54. The Morgan fingerprint density at radius 3 is 2.74 bits per heavy atom.